The van der Waals surface area contributed by atoms with E-state index in [0.717, 1.165) is 18.2 Å². The molecule has 2 rings (SSSR count). The zero-order valence-corrected chi connectivity index (χ0v) is 9.82. The van der Waals surface area contributed by atoms with E-state index >= 15 is 0 Å². The molecule has 1 saturated carbocycles. The lowest BCUT2D eigenvalue weighted by Crippen LogP contribution is -2.32. The lowest BCUT2D eigenvalue weighted by Gasteiger charge is -2.26. The quantitative estimate of drug-likeness (QED) is 0.822. The van der Waals surface area contributed by atoms with Crippen LogP contribution in [-0.4, -0.2) is 16.1 Å². The summed E-state index contributed by atoms with van der Waals surface area (Å²) >= 11 is 0. The largest absolute Gasteiger partial charge is 0.506 e. The first kappa shape index (κ1) is 11.4. The zero-order chi connectivity index (χ0) is 11.4. The number of aromatic hydroxyl groups is 1. The van der Waals surface area contributed by atoms with Gasteiger partial charge in [-0.15, -0.1) is 0 Å². The van der Waals surface area contributed by atoms with E-state index in [4.69, 9.17) is 5.11 Å². The van der Waals surface area contributed by atoms with Crippen molar-refractivity contribution in [2.24, 2.45) is 5.92 Å². The van der Waals surface area contributed by atoms with E-state index in [-0.39, 0.29) is 5.75 Å². The van der Waals surface area contributed by atoms with Crippen LogP contribution in [0.3, 0.4) is 0 Å². The van der Waals surface area contributed by atoms with Gasteiger partial charge in [0, 0.05) is 12.6 Å². The molecule has 3 heteroatoms. The van der Waals surface area contributed by atoms with Crippen LogP contribution in [0.25, 0.3) is 0 Å². The number of hydrogen-bond donors (Lipinski definition) is 2. The summed E-state index contributed by atoms with van der Waals surface area (Å²) in [5, 5.41) is 12.7. The number of rotatable bonds is 3. The summed E-state index contributed by atoms with van der Waals surface area (Å²) in [7, 11) is 0. The predicted octanol–water partition coefficient (Wildman–Crippen LogP) is 2.46. The molecule has 88 valence electrons. The van der Waals surface area contributed by atoms with Crippen molar-refractivity contribution in [2.45, 2.75) is 45.2 Å². The zero-order valence-electron chi connectivity index (χ0n) is 9.82. The van der Waals surface area contributed by atoms with Gasteiger partial charge in [0.2, 0.25) is 0 Å². The van der Waals surface area contributed by atoms with Gasteiger partial charge in [0.1, 0.15) is 5.75 Å². The molecule has 0 bridgehead atoms. The third-order valence-corrected chi connectivity index (χ3v) is 3.40. The Kier molecular flexibility index (Phi) is 3.78. The summed E-state index contributed by atoms with van der Waals surface area (Å²) in [6.45, 7) is 3.14. The third kappa shape index (κ3) is 3.20. The van der Waals surface area contributed by atoms with Crippen LogP contribution in [-0.2, 0) is 6.54 Å². The molecule has 0 aromatic carbocycles. The SMILES string of the molecule is CC1CCC(NCc2ccc(O)cn2)CC1. The Hall–Kier alpha value is -1.09. The van der Waals surface area contributed by atoms with Crippen molar-refractivity contribution >= 4 is 0 Å². The Balaban J connectivity index is 1.77. The third-order valence-electron chi connectivity index (χ3n) is 3.40. The Morgan fingerprint density at radius 3 is 2.69 bits per heavy atom. The topological polar surface area (TPSA) is 45.1 Å². The van der Waals surface area contributed by atoms with Gasteiger partial charge in [0.05, 0.1) is 11.9 Å². The number of aromatic nitrogens is 1. The van der Waals surface area contributed by atoms with Crippen molar-refractivity contribution in [3.63, 3.8) is 0 Å². The molecule has 0 amide bonds. The van der Waals surface area contributed by atoms with Gasteiger partial charge in [-0.2, -0.15) is 0 Å². The molecule has 0 aliphatic heterocycles. The number of nitrogens with zero attached hydrogens (tertiary/aromatic N) is 1. The molecule has 1 aromatic rings. The first-order valence-corrected chi connectivity index (χ1v) is 6.11. The molecule has 1 aromatic heterocycles. The molecule has 3 nitrogen and oxygen atoms in total. The fourth-order valence-electron chi connectivity index (χ4n) is 2.23. The maximum absolute atomic E-state index is 9.12. The van der Waals surface area contributed by atoms with Crippen LogP contribution in [0.5, 0.6) is 5.75 Å². The van der Waals surface area contributed by atoms with E-state index in [0.29, 0.717) is 6.04 Å². The van der Waals surface area contributed by atoms with E-state index in [1.54, 1.807) is 6.07 Å². The highest BCUT2D eigenvalue weighted by molar-refractivity contribution is 5.17. The average molecular weight is 220 g/mol. The fraction of sp³-hybridized carbons (Fsp3) is 0.615. The lowest BCUT2D eigenvalue weighted by molar-refractivity contribution is 0.306. The molecule has 0 atom stereocenters. The van der Waals surface area contributed by atoms with Gasteiger partial charge < -0.3 is 10.4 Å². The van der Waals surface area contributed by atoms with E-state index < -0.39 is 0 Å². The van der Waals surface area contributed by atoms with E-state index in [1.807, 2.05) is 6.07 Å². The van der Waals surface area contributed by atoms with Crippen molar-refractivity contribution in [1.82, 2.24) is 10.3 Å². The van der Waals surface area contributed by atoms with Crippen molar-refractivity contribution in [3.8, 4) is 5.75 Å². The van der Waals surface area contributed by atoms with E-state index in [2.05, 4.69) is 17.2 Å². The lowest BCUT2D eigenvalue weighted by atomic mass is 9.87. The molecule has 1 fully saturated rings. The summed E-state index contributed by atoms with van der Waals surface area (Å²) in [5.41, 5.74) is 0.997. The highest BCUT2D eigenvalue weighted by Crippen LogP contribution is 2.23. The molecule has 0 spiro atoms. The minimum absolute atomic E-state index is 0.232. The number of nitrogens with one attached hydrogen (secondary N) is 1. The van der Waals surface area contributed by atoms with Gasteiger partial charge in [-0.05, 0) is 43.7 Å². The highest BCUT2D eigenvalue weighted by Gasteiger charge is 2.17. The van der Waals surface area contributed by atoms with Gasteiger partial charge in [0.15, 0.2) is 0 Å². The molecule has 16 heavy (non-hydrogen) atoms. The van der Waals surface area contributed by atoms with Crippen molar-refractivity contribution < 1.29 is 5.11 Å². The smallest absolute Gasteiger partial charge is 0.133 e. The van der Waals surface area contributed by atoms with E-state index in [9.17, 15) is 0 Å². The molecule has 1 heterocycles. The standard InChI is InChI=1S/C13H20N2O/c1-10-2-4-11(5-3-10)14-8-12-6-7-13(16)9-15-12/h6-7,9-11,14,16H,2-5,8H2,1H3. The minimum atomic E-state index is 0.232. The van der Waals surface area contributed by atoms with Crippen molar-refractivity contribution in [3.05, 3.63) is 24.0 Å². The second-order valence-corrected chi connectivity index (χ2v) is 4.85. The van der Waals surface area contributed by atoms with Gasteiger partial charge in [-0.1, -0.05) is 6.92 Å². The monoisotopic (exact) mass is 220 g/mol. The molecule has 0 radical (unpaired) electrons. The molecule has 2 N–H and O–H groups in total. The molecule has 0 unspecified atom stereocenters. The van der Waals surface area contributed by atoms with Crippen LogP contribution < -0.4 is 5.32 Å². The summed E-state index contributed by atoms with van der Waals surface area (Å²) in [5.74, 6) is 1.13. The Bertz CT molecular complexity index is 315. The molecular formula is C13H20N2O. The molecule has 0 saturated heterocycles. The Morgan fingerprint density at radius 2 is 2.06 bits per heavy atom. The number of pyridine rings is 1. The van der Waals surface area contributed by atoms with E-state index in [1.165, 1.54) is 31.9 Å². The summed E-state index contributed by atoms with van der Waals surface area (Å²) < 4.78 is 0. The first-order chi connectivity index (χ1) is 7.74. The van der Waals surface area contributed by atoms with Crippen LogP contribution in [0.15, 0.2) is 18.3 Å². The minimum Gasteiger partial charge on any atom is -0.506 e. The first-order valence-electron chi connectivity index (χ1n) is 6.11. The summed E-state index contributed by atoms with van der Waals surface area (Å²) in [4.78, 5) is 4.17. The average Bonchev–Trinajstić information content (AvgIpc) is 2.30. The molecular weight excluding hydrogens is 200 g/mol. The summed E-state index contributed by atoms with van der Waals surface area (Å²) in [6, 6.07) is 4.20. The maximum atomic E-state index is 9.12. The van der Waals surface area contributed by atoms with Crippen LogP contribution >= 0.6 is 0 Å². The van der Waals surface area contributed by atoms with Crippen molar-refractivity contribution in [1.29, 1.82) is 0 Å². The van der Waals surface area contributed by atoms with Crippen LogP contribution in [0.2, 0.25) is 0 Å². The van der Waals surface area contributed by atoms with Gasteiger partial charge in [-0.3, -0.25) is 4.98 Å². The maximum Gasteiger partial charge on any atom is 0.133 e. The second-order valence-electron chi connectivity index (χ2n) is 4.85. The van der Waals surface area contributed by atoms with Gasteiger partial charge in [-0.25, -0.2) is 0 Å². The number of hydrogen-bond acceptors (Lipinski definition) is 3. The van der Waals surface area contributed by atoms with Gasteiger partial charge >= 0.3 is 0 Å². The second kappa shape index (κ2) is 5.30. The van der Waals surface area contributed by atoms with Crippen LogP contribution in [0.4, 0.5) is 0 Å². The Morgan fingerprint density at radius 1 is 1.31 bits per heavy atom. The summed E-state index contributed by atoms with van der Waals surface area (Å²) in [6.07, 6.45) is 6.72. The normalized spacial score (nSPS) is 25.6. The fourth-order valence-corrected chi connectivity index (χ4v) is 2.23. The molecule has 1 aliphatic carbocycles. The predicted molar refractivity (Wildman–Crippen MR) is 64.2 cm³/mol. The highest BCUT2D eigenvalue weighted by atomic mass is 16.3. The molecule has 1 aliphatic rings. The van der Waals surface area contributed by atoms with Gasteiger partial charge in [0.25, 0.3) is 0 Å². The van der Waals surface area contributed by atoms with Crippen LogP contribution in [0.1, 0.15) is 38.3 Å². The van der Waals surface area contributed by atoms with Crippen LogP contribution in [0, 0.1) is 5.92 Å². The Labute approximate surface area is 96.9 Å². The van der Waals surface area contributed by atoms with Crippen molar-refractivity contribution in [2.75, 3.05) is 0 Å².